The monoisotopic (exact) mass is 496 g/mol. The van der Waals surface area contributed by atoms with Crippen LogP contribution in [0.4, 0.5) is 0 Å². The number of hydrogen-bond acceptors (Lipinski definition) is 6. The molecule has 1 fully saturated rings. The van der Waals surface area contributed by atoms with Crippen LogP contribution in [0.5, 0.6) is 0 Å². The zero-order valence-electron chi connectivity index (χ0n) is 18.3. The number of benzene rings is 2. The molecule has 34 heavy (non-hydrogen) atoms. The largest absolute Gasteiger partial charge is 0.336 e. The third-order valence-electron chi connectivity index (χ3n) is 5.88. The van der Waals surface area contributed by atoms with Crippen molar-refractivity contribution >= 4 is 38.6 Å². The van der Waals surface area contributed by atoms with Crippen LogP contribution >= 0.6 is 11.6 Å². The van der Waals surface area contributed by atoms with Crippen molar-refractivity contribution < 1.29 is 17.7 Å². The maximum absolute atomic E-state index is 13.6. The third kappa shape index (κ3) is 4.06. The molecule has 1 saturated heterocycles. The number of carbonyl (C=O) groups is 1. The Labute approximate surface area is 201 Å². The number of carbonyl (C=O) groups excluding carboxylic acids is 1. The van der Waals surface area contributed by atoms with Gasteiger partial charge < -0.3 is 9.42 Å². The number of sulfonamides is 1. The predicted molar refractivity (Wildman–Crippen MR) is 128 cm³/mol. The number of hydrogen-bond donors (Lipinski definition) is 0. The van der Waals surface area contributed by atoms with Crippen molar-refractivity contribution in [2.24, 2.45) is 0 Å². The Morgan fingerprint density at radius 2 is 1.74 bits per heavy atom. The van der Waals surface area contributed by atoms with E-state index >= 15 is 0 Å². The molecule has 2 aromatic heterocycles. The van der Waals surface area contributed by atoms with Crippen LogP contribution in [0.25, 0.3) is 22.4 Å². The first kappa shape index (κ1) is 22.5. The van der Waals surface area contributed by atoms with Gasteiger partial charge >= 0.3 is 0 Å². The highest BCUT2D eigenvalue weighted by atomic mass is 35.5. The van der Waals surface area contributed by atoms with Gasteiger partial charge in [0, 0.05) is 36.8 Å². The molecule has 174 valence electrons. The van der Waals surface area contributed by atoms with Crippen molar-refractivity contribution in [2.45, 2.75) is 11.8 Å². The topological polar surface area (TPSA) is 96.6 Å². The lowest BCUT2D eigenvalue weighted by atomic mass is 10.0. The van der Waals surface area contributed by atoms with Crippen LogP contribution in [0, 0.1) is 6.92 Å². The van der Waals surface area contributed by atoms with Gasteiger partial charge in [0.25, 0.3) is 11.6 Å². The van der Waals surface area contributed by atoms with Gasteiger partial charge in [-0.2, -0.15) is 4.31 Å². The minimum Gasteiger partial charge on any atom is -0.336 e. The van der Waals surface area contributed by atoms with Crippen LogP contribution in [-0.2, 0) is 10.0 Å². The normalized spacial score (nSPS) is 15.1. The Balaban J connectivity index is 1.42. The number of rotatable bonds is 4. The fourth-order valence-electron chi connectivity index (χ4n) is 4.10. The van der Waals surface area contributed by atoms with E-state index in [0.717, 1.165) is 5.56 Å². The summed E-state index contributed by atoms with van der Waals surface area (Å²) in [6.07, 6.45) is 0. The molecule has 4 aromatic rings. The van der Waals surface area contributed by atoms with Gasteiger partial charge in [-0.05, 0) is 31.2 Å². The highest BCUT2D eigenvalue weighted by Crippen LogP contribution is 2.29. The maximum atomic E-state index is 13.6. The van der Waals surface area contributed by atoms with Crippen LogP contribution < -0.4 is 0 Å². The second kappa shape index (κ2) is 8.83. The van der Waals surface area contributed by atoms with Crippen LogP contribution in [0.15, 0.2) is 70.1 Å². The van der Waals surface area contributed by atoms with Crippen molar-refractivity contribution in [3.63, 3.8) is 0 Å². The van der Waals surface area contributed by atoms with E-state index in [1.807, 2.05) is 30.3 Å². The van der Waals surface area contributed by atoms with E-state index in [0.29, 0.717) is 33.1 Å². The second-order valence-electron chi connectivity index (χ2n) is 8.02. The average molecular weight is 497 g/mol. The molecule has 1 aliphatic rings. The minimum absolute atomic E-state index is 0.142. The quantitative estimate of drug-likeness (QED) is 0.423. The molecule has 8 nitrogen and oxygen atoms in total. The molecule has 0 aliphatic carbocycles. The molecule has 0 saturated carbocycles. The summed E-state index contributed by atoms with van der Waals surface area (Å²) in [5.41, 5.74) is 2.77. The molecule has 0 spiro atoms. The van der Waals surface area contributed by atoms with Crippen molar-refractivity contribution in [3.8, 4) is 11.3 Å². The molecule has 0 atom stereocenters. The summed E-state index contributed by atoms with van der Waals surface area (Å²) in [5, 5.41) is 4.92. The summed E-state index contributed by atoms with van der Waals surface area (Å²) in [5.74, 6) is -0.212. The molecule has 0 N–H and O–H groups in total. The van der Waals surface area contributed by atoms with Gasteiger partial charge in [0.15, 0.2) is 0 Å². The lowest BCUT2D eigenvalue weighted by molar-refractivity contribution is 0.0699. The fourth-order valence-corrected chi connectivity index (χ4v) is 5.82. The molecule has 1 aliphatic heterocycles. The van der Waals surface area contributed by atoms with Gasteiger partial charge in [0.2, 0.25) is 10.0 Å². The van der Waals surface area contributed by atoms with E-state index < -0.39 is 10.0 Å². The lowest BCUT2D eigenvalue weighted by Gasteiger charge is -2.34. The Morgan fingerprint density at radius 3 is 2.44 bits per heavy atom. The summed E-state index contributed by atoms with van der Waals surface area (Å²) in [6, 6.07) is 17.5. The van der Waals surface area contributed by atoms with E-state index in [2.05, 4.69) is 10.1 Å². The molecule has 1 amide bonds. The first-order valence-electron chi connectivity index (χ1n) is 10.7. The summed E-state index contributed by atoms with van der Waals surface area (Å²) in [7, 11) is -3.70. The van der Waals surface area contributed by atoms with Gasteiger partial charge in [-0.3, -0.25) is 4.79 Å². The van der Waals surface area contributed by atoms with E-state index in [1.54, 1.807) is 30.0 Å². The first-order chi connectivity index (χ1) is 16.3. The molecule has 0 radical (unpaired) electrons. The SMILES string of the molecule is Cc1noc2nc(-c3ccccc3)cc(C(=O)N3CCN(S(=O)(=O)c4cccc(Cl)c4)CC3)c12. The molecule has 0 bridgehead atoms. The van der Waals surface area contributed by atoms with Crippen molar-refractivity contribution in [1.29, 1.82) is 0 Å². The van der Waals surface area contributed by atoms with Crippen molar-refractivity contribution in [1.82, 2.24) is 19.3 Å². The molecule has 5 rings (SSSR count). The van der Waals surface area contributed by atoms with Gasteiger partial charge in [0.05, 0.1) is 27.2 Å². The van der Waals surface area contributed by atoms with E-state index in [4.69, 9.17) is 16.1 Å². The molecule has 3 heterocycles. The number of aryl methyl sites for hydroxylation is 1. The summed E-state index contributed by atoms with van der Waals surface area (Å²) in [6.45, 7) is 2.65. The van der Waals surface area contributed by atoms with E-state index in [9.17, 15) is 13.2 Å². The van der Waals surface area contributed by atoms with Gasteiger partial charge in [0.1, 0.15) is 0 Å². The van der Waals surface area contributed by atoms with Crippen LogP contribution in [0.2, 0.25) is 5.02 Å². The van der Waals surface area contributed by atoms with Crippen LogP contribution in [0.1, 0.15) is 16.1 Å². The second-order valence-corrected chi connectivity index (χ2v) is 10.4. The molecular formula is C24H21ClN4O4S. The zero-order chi connectivity index (χ0) is 23.9. The molecular weight excluding hydrogens is 476 g/mol. The van der Waals surface area contributed by atoms with Crippen LogP contribution in [-0.4, -0.2) is 59.8 Å². The Morgan fingerprint density at radius 1 is 1.00 bits per heavy atom. The minimum atomic E-state index is -3.70. The molecule has 2 aromatic carbocycles. The van der Waals surface area contributed by atoms with Gasteiger partial charge in [-0.25, -0.2) is 13.4 Å². The summed E-state index contributed by atoms with van der Waals surface area (Å²) < 4.78 is 32.8. The third-order valence-corrected chi connectivity index (χ3v) is 8.01. The predicted octanol–water partition coefficient (Wildman–Crippen LogP) is 4.00. The van der Waals surface area contributed by atoms with Gasteiger partial charge in [-0.15, -0.1) is 0 Å². The Kier molecular flexibility index (Phi) is 5.85. The van der Waals surface area contributed by atoms with E-state index in [1.165, 1.54) is 16.4 Å². The van der Waals surface area contributed by atoms with Gasteiger partial charge in [-0.1, -0.05) is 53.2 Å². The first-order valence-corrected chi connectivity index (χ1v) is 12.5. The summed E-state index contributed by atoms with van der Waals surface area (Å²) in [4.78, 5) is 19.9. The van der Waals surface area contributed by atoms with Crippen LogP contribution in [0.3, 0.4) is 0 Å². The molecule has 0 unspecified atom stereocenters. The fraction of sp³-hybridized carbons (Fsp3) is 0.208. The van der Waals surface area contributed by atoms with Crippen molar-refractivity contribution in [3.05, 3.63) is 76.9 Å². The number of aromatic nitrogens is 2. The lowest BCUT2D eigenvalue weighted by Crippen LogP contribution is -2.50. The van der Waals surface area contributed by atoms with Crippen molar-refractivity contribution in [2.75, 3.05) is 26.2 Å². The highest BCUT2D eigenvalue weighted by Gasteiger charge is 2.32. The zero-order valence-corrected chi connectivity index (χ0v) is 19.9. The molecule has 10 heteroatoms. The number of amides is 1. The number of piperazine rings is 1. The highest BCUT2D eigenvalue weighted by molar-refractivity contribution is 7.89. The standard InChI is InChI=1S/C24H21ClN4O4S/c1-16-22-20(15-21(26-23(22)33-27-16)17-6-3-2-4-7-17)24(30)28-10-12-29(13-11-28)34(31,32)19-9-5-8-18(25)14-19/h2-9,14-15H,10-13H2,1H3. The van der Waals surface area contributed by atoms with E-state index in [-0.39, 0.29) is 37.0 Å². The maximum Gasteiger partial charge on any atom is 0.259 e. The number of nitrogens with zero attached hydrogens (tertiary/aromatic N) is 4. The number of halogens is 1. The Hall–Kier alpha value is -3.27. The summed E-state index contributed by atoms with van der Waals surface area (Å²) >= 11 is 5.98. The number of pyridine rings is 1. The number of fused-ring (bicyclic) bond motifs is 1. The average Bonchev–Trinajstić information content (AvgIpc) is 3.24. The Bertz CT molecular complexity index is 1480. The smallest absolute Gasteiger partial charge is 0.259 e.